The molecule has 0 bridgehead atoms. The fraction of sp³-hybridized carbons (Fsp3) is 0. The maximum absolute atomic E-state index is 8.65. The molecule has 0 aromatic heterocycles. The molecular formula is C12H14O6. The second-order valence-corrected chi connectivity index (χ2v) is 3.03. The van der Waals surface area contributed by atoms with E-state index in [1.54, 1.807) is 0 Å². The molecule has 2 aromatic carbocycles. The molecule has 2 rings (SSSR count). The fourth-order valence-electron chi connectivity index (χ4n) is 0.905. The Morgan fingerprint density at radius 2 is 0.500 bits per heavy atom. The molecular weight excluding hydrogens is 240 g/mol. The predicted molar refractivity (Wildman–Crippen MR) is 64.8 cm³/mol. The quantitative estimate of drug-likeness (QED) is 0.243. The first-order chi connectivity index (χ1) is 8.58. The molecule has 0 spiro atoms. The van der Waals surface area contributed by atoms with Gasteiger partial charge in [-0.3, -0.25) is 10.5 Å². The molecule has 0 saturated carbocycles. The molecule has 0 aliphatic heterocycles. The second-order valence-electron chi connectivity index (χ2n) is 3.03. The van der Waals surface area contributed by atoms with Crippen LogP contribution >= 0.6 is 0 Å². The molecule has 98 valence electrons. The van der Waals surface area contributed by atoms with E-state index in [4.69, 9.17) is 30.9 Å². The number of benzene rings is 2. The standard InChI is InChI=1S/2C6H6O2.H2O2/c2*7-5-1-2-6(8)4-3-5;1-2/h2*1-4,7-8H;1-2H. The van der Waals surface area contributed by atoms with Crippen LogP contribution in [0.4, 0.5) is 0 Å². The summed E-state index contributed by atoms with van der Waals surface area (Å²) >= 11 is 0. The molecule has 0 amide bonds. The summed E-state index contributed by atoms with van der Waals surface area (Å²) in [6, 6.07) is 11.4. The van der Waals surface area contributed by atoms with E-state index >= 15 is 0 Å². The van der Waals surface area contributed by atoms with E-state index in [2.05, 4.69) is 0 Å². The lowest BCUT2D eigenvalue weighted by molar-refractivity contribution is -0.176. The van der Waals surface area contributed by atoms with Gasteiger partial charge in [-0.1, -0.05) is 0 Å². The van der Waals surface area contributed by atoms with E-state index in [0.717, 1.165) is 0 Å². The number of phenols is 4. The maximum Gasteiger partial charge on any atom is 0.115 e. The average molecular weight is 254 g/mol. The summed E-state index contributed by atoms with van der Waals surface area (Å²) in [7, 11) is 0. The molecule has 0 aliphatic rings. The Morgan fingerprint density at radius 1 is 0.389 bits per heavy atom. The molecule has 6 nitrogen and oxygen atoms in total. The van der Waals surface area contributed by atoms with Gasteiger partial charge in [0.05, 0.1) is 0 Å². The van der Waals surface area contributed by atoms with Crippen molar-refractivity contribution in [2.45, 2.75) is 0 Å². The lowest BCUT2D eigenvalue weighted by atomic mass is 10.3. The van der Waals surface area contributed by atoms with E-state index in [0.29, 0.717) is 0 Å². The normalized spacial score (nSPS) is 8.33. The number of hydrogen-bond donors (Lipinski definition) is 6. The highest BCUT2D eigenvalue weighted by Crippen LogP contribution is 2.13. The van der Waals surface area contributed by atoms with Crippen molar-refractivity contribution in [3.63, 3.8) is 0 Å². The molecule has 0 atom stereocenters. The van der Waals surface area contributed by atoms with Gasteiger partial charge < -0.3 is 20.4 Å². The number of phenolic OH excluding ortho intramolecular Hbond substituents is 4. The van der Waals surface area contributed by atoms with Crippen LogP contribution in [0.15, 0.2) is 48.5 Å². The van der Waals surface area contributed by atoms with Gasteiger partial charge in [-0.2, -0.15) is 0 Å². The lowest BCUT2D eigenvalue weighted by Gasteiger charge is -1.88. The highest BCUT2D eigenvalue weighted by atomic mass is 17.0. The number of hydrogen-bond acceptors (Lipinski definition) is 6. The molecule has 18 heavy (non-hydrogen) atoms. The Balaban J connectivity index is 0.000000283. The van der Waals surface area contributed by atoms with Crippen LogP contribution in [0, 0.1) is 0 Å². The van der Waals surface area contributed by atoms with Crippen LogP contribution in [-0.4, -0.2) is 30.9 Å². The first kappa shape index (κ1) is 15.6. The number of rotatable bonds is 0. The molecule has 2 aromatic rings. The highest BCUT2D eigenvalue weighted by Gasteiger charge is 1.84. The third-order valence-corrected chi connectivity index (χ3v) is 1.70. The van der Waals surface area contributed by atoms with Gasteiger partial charge in [0, 0.05) is 0 Å². The van der Waals surface area contributed by atoms with Gasteiger partial charge in [0.15, 0.2) is 0 Å². The van der Waals surface area contributed by atoms with Crippen LogP contribution < -0.4 is 0 Å². The molecule has 0 unspecified atom stereocenters. The largest absolute Gasteiger partial charge is 0.508 e. The van der Waals surface area contributed by atoms with Crippen molar-refractivity contribution >= 4 is 0 Å². The van der Waals surface area contributed by atoms with E-state index in [1.165, 1.54) is 48.5 Å². The Morgan fingerprint density at radius 3 is 0.611 bits per heavy atom. The van der Waals surface area contributed by atoms with E-state index in [1.807, 2.05) is 0 Å². The fourth-order valence-corrected chi connectivity index (χ4v) is 0.905. The van der Waals surface area contributed by atoms with E-state index in [9.17, 15) is 0 Å². The van der Waals surface area contributed by atoms with Gasteiger partial charge in [0.25, 0.3) is 0 Å². The summed E-state index contributed by atoms with van der Waals surface area (Å²) < 4.78 is 0. The molecule has 0 aliphatic carbocycles. The van der Waals surface area contributed by atoms with Gasteiger partial charge in [-0.15, -0.1) is 0 Å². The Bertz CT molecular complexity index is 338. The van der Waals surface area contributed by atoms with Crippen LogP contribution in [0.1, 0.15) is 0 Å². The summed E-state index contributed by atoms with van der Waals surface area (Å²) in [6.45, 7) is 0. The zero-order valence-electron chi connectivity index (χ0n) is 9.30. The molecule has 0 radical (unpaired) electrons. The van der Waals surface area contributed by atoms with Crippen molar-refractivity contribution in [2.24, 2.45) is 0 Å². The average Bonchev–Trinajstić information content (AvgIpc) is 2.40. The molecule has 0 fully saturated rings. The molecule has 0 saturated heterocycles. The smallest absolute Gasteiger partial charge is 0.115 e. The Hall–Kier alpha value is -2.44. The van der Waals surface area contributed by atoms with Gasteiger partial charge in [-0.25, -0.2) is 0 Å². The van der Waals surface area contributed by atoms with Gasteiger partial charge in [-0.05, 0) is 48.5 Å². The summed E-state index contributed by atoms with van der Waals surface area (Å²) in [5.41, 5.74) is 0. The minimum Gasteiger partial charge on any atom is -0.508 e. The van der Waals surface area contributed by atoms with Crippen molar-refractivity contribution in [1.82, 2.24) is 0 Å². The van der Waals surface area contributed by atoms with Crippen molar-refractivity contribution in [3.8, 4) is 23.0 Å². The van der Waals surface area contributed by atoms with Crippen molar-refractivity contribution < 1.29 is 30.9 Å². The summed E-state index contributed by atoms with van der Waals surface area (Å²) in [4.78, 5) is 0. The highest BCUT2D eigenvalue weighted by molar-refractivity contribution is 5.29. The van der Waals surface area contributed by atoms with Crippen LogP contribution in [-0.2, 0) is 0 Å². The number of aromatic hydroxyl groups is 4. The minimum absolute atomic E-state index is 0.169. The summed E-state index contributed by atoms with van der Waals surface area (Å²) in [5.74, 6) is 0.677. The van der Waals surface area contributed by atoms with Crippen molar-refractivity contribution in [1.29, 1.82) is 0 Å². The zero-order chi connectivity index (χ0) is 14.0. The third kappa shape index (κ3) is 6.94. The van der Waals surface area contributed by atoms with Crippen LogP contribution in [0.25, 0.3) is 0 Å². The third-order valence-electron chi connectivity index (χ3n) is 1.70. The van der Waals surface area contributed by atoms with Gasteiger partial charge in [0.2, 0.25) is 0 Å². The van der Waals surface area contributed by atoms with E-state index in [-0.39, 0.29) is 23.0 Å². The topological polar surface area (TPSA) is 121 Å². The summed E-state index contributed by atoms with van der Waals surface area (Å²) in [5, 5.41) is 46.6. The SMILES string of the molecule is OO.Oc1ccc(O)cc1.Oc1ccc(O)cc1. The van der Waals surface area contributed by atoms with Crippen LogP contribution in [0.2, 0.25) is 0 Å². The Kier molecular flexibility index (Phi) is 7.51. The monoisotopic (exact) mass is 254 g/mol. The first-order valence-corrected chi connectivity index (χ1v) is 4.74. The maximum atomic E-state index is 8.65. The molecule has 6 heteroatoms. The zero-order valence-corrected chi connectivity index (χ0v) is 9.30. The molecule has 0 heterocycles. The van der Waals surface area contributed by atoms with Gasteiger partial charge >= 0.3 is 0 Å². The van der Waals surface area contributed by atoms with Crippen LogP contribution in [0.5, 0.6) is 23.0 Å². The predicted octanol–water partition coefficient (Wildman–Crippen LogP) is 2.21. The van der Waals surface area contributed by atoms with Crippen LogP contribution in [0.3, 0.4) is 0 Å². The summed E-state index contributed by atoms with van der Waals surface area (Å²) in [6.07, 6.45) is 0. The minimum atomic E-state index is 0.169. The molecule has 6 N–H and O–H groups in total. The first-order valence-electron chi connectivity index (χ1n) is 4.74. The Labute approximate surface area is 103 Å². The van der Waals surface area contributed by atoms with E-state index < -0.39 is 0 Å². The van der Waals surface area contributed by atoms with Crippen molar-refractivity contribution in [2.75, 3.05) is 0 Å². The lowest BCUT2D eigenvalue weighted by Crippen LogP contribution is -1.61. The van der Waals surface area contributed by atoms with Crippen molar-refractivity contribution in [3.05, 3.63) is 48.5 Å². The second kappa shape index (κ2) is 8.68. The van der Waals surface area contributed by atoms with Gasteiger partial charge in [0.1, 0.15) is 23.0 Å².